The highest BCUT2D eigenvalue weighted by atomic mass is 32.2. The van der Waals surface area contributed by atoms with Crippen LogP contribution in [0.1, 0.15) is 41.8 Å². The Balaban J connectivity index is 1.43. The van der Waals surface area contributed by atoms with E-state index < -0.39 is 10.0 Å². The van der Waals surface area contributed by atoms with E-state index in [2.05, 4.69) is 10.6 Å². The number of nitrogens with zero attached hydrogens (tertiary/aromatic N) is 1. The minimum atomic E-state index is -3.45. The molecule has 1 fully saturated rings. The van der Waals surface area contributed by atoms with Gasteiger partial charge in [0, 0.05) is 32.6 Å². The van der Waals surface area contributed by atoms with Crippen molar-refractivity contribution in [3.05, 3.63) is 54.0 Å². The van der Waals surface area contributed by atoms with Gasteiger partial charge >= 0.3 is 0 Å². The molecule has 0 aliphatic carbocycles. The highest BCUT2D eigenvalue weighted by Crippen LogP contribution is 2.20. The molecule has 0 radical (unpaired) electrons. The summed E-state index contributed by atoms with van der Waals surface area (Å²) in [7, 11) is -3.45. The highest BCUT2D eigenvalue weighted by Gasteiger charge is 2.25. The normalized spacial score (nSPS) is 15.0. The number of rotatable bonds is 8. The van der Waals surface area contributed by atoms with Crippen LogP contribution in [0.5, 0.6) is 0 Å². The van der Waals surface area contributed by atoms with Crippen LogP contribution in [-0.2, 0) is 21.4 Å². The second kappa shape index (κ2) is 9.71. The summed E-state index contributed by atoms with van der Waals surface area (Å²) in [4.78, 5) is 23.9. The van der Waals surface area contributed by atoms with Gasteiger partial charge in [0.15, 0.2) is 5.76 Å². The van der Waals surface area contributed by atoms with Gasteiger partial charge in [0.25, 0.3) is 5.91 Å². The van der Waals surface area contributed by atoms with Crippen molar-refractivity contribution >= 4 is 21.8 Å². The van der Waals surface area contributed by atoms with Crippen molar-refractivity contribution in [3.8, 4) is 0 Å². The highest BCUT2D eigenvalue weighted by molar-refractivity contribution is 7.89. The summed E-state index contributed by atoms with van der Waals surface area (Å²) in [6, 6.07) is 9.73. The van der Waals surface area contributed by atoms with Crippen LogP contribution < -0.4 is 10.6 Å². The maximum absolute atomic E-state index is 12.6. The van der Waals surface area contributed by atoms with Crippen LogP contribution in [0.4, 0.5) is 0 Å². The second-order valence-corrected chi connectivity index (χ2v) is 8.81. The molecule has 2 heterocycles. The van der Waals surface area contributed by atoms with Crippen molar-refractivity contribution in [3.63, 3.8) is 0 Å². The summed E-state index contributed by atoms with van der Waals surface area (Å²) in [6.07, 6.45) is 4.40. The summed E-state index contributed by atoms with van der Waals surface area (Å²) in [5.41, 5.74) is 0.801. The minimum Gasteiger partial charge on any atom is -0.459 e. The van der Waals surface area contributed by atoms with Gasteiger partial charge in [0.05, 0.1) is 11.2 Å². The minimum absolute atomic E-state index is 0.133. The molecular weight excluding hydrogens is 394 g/mol. The first kappa shape index (κ1) is 21.1. The lowest BCUT2D eigenvalue weighted by atomic mass is 10.2. The van der Waals surface area contributed by atoms with Crippen molar-refractivity contribution in [1.29, 1.82) is 0 Å². The van der Waals surface area contributed by atoms with Gasteiger partial charge in [-0.1, -0.05) is 18.6 Å². The van der Waals surface area contributed by atoms with Crippen LogP contribution in [-0.4, -0.2) is 44.2 Å². The zero-order valence-electron chi connectivity index (χ0n) is 16.1. The number of carbonyl (C=O) groups excluding carboxylic acids is 2. The number of sulfonamides is 1. The molecule has 0 saturated carbocycles. The molecule has 29 heavy (non-hydrogen) atoms. The number of piperidine rings is 1. The Morgan fingerprint density at radius 1 is 1.00 bits per heavy atom. The molecule has 1 aliphatic rings. The van der Waals surface area contributed by atoms with Gasteiger partial charge in [-0.25, -0.2) is 8.42 Å². The number of amides is 2. The number of hydrogen-bond donors (Lipinski definition) is 2. The molecule has 1 aromatic heterocycles. The molecule has 0 atom stereocenters. The Morgan fingerprint density at radius 3 is 2.38 bits per heavy atom. The fraction of sp³-hybridized carbons (Fsp3) is 0.400. The summed E-state index contributed by atoms with van der Waals surface area (Å²) in [5, 5.41) is 5.36. The topological polar surface area (TPSA) is 109 Å². The molecule has 0 bridgehead atoms. The number of carbonyl (C=O) groups is 2. The lowest BCUT2D eigenvalue weighted by Crippen LogP contribution is -2.35. The zero-order chi connectivity index (χ0) is 20.7. The lowest BCUT2D eigenvalue weighted by Gasteiger charge is -2.25. The van der Waals surface area contributed by atoms with E-state index in [9.17, 15) is 18.0 Å². The van der Waals surface area contributed by atoms with Crippen LogP contribution in [0.15, 0.2) is 52.0 Å². The van der Waals surface area contributed by atoms with Crippen LogP contribution in [0.25, 0.3) is 0 Å². The number of furan rings is 1. The molecule has 1 aliphatic heterocycles. The quantitative estimate of drug-likeness (QED) is 0.679. The predicted octanol–water partition coefficient (Wildman–Crippen LogP) is 1.89. The third kappa shape index (κ3) is 5.68. The summed E-state index contributed by atoms with van der Waals surface area (Å²) >= 11 is 0. The van der Waals surface area contributed by atoms with Gasteiger partial charge in [-0.05, 0) is 42.7 Å². The molecule has 2 aromatic rings. The second-order valence-electron chi connectivity index (χ2n) is 6.87. The fourth-order valence-corrected chi connectivity index (χ4v) is 4.62. The van der Waals surface area contributed by atoms with Gasteiger partial charge in [0.2, 0.25) is 15.9 Å². The largest absolute Gasteiger partial charge is 0.459 e. The summed E-state index contributed by atoms with van der Waals surface area (Å²) in [5.74, 6) is -0.381. The van der Waals surface area contributed by atoms with E-state index in [4.69, 9.17) is 4.42 Å². The van der Waals surface area contributed by atoms with Gasteiger partial charge in [-0.2, -0.15) is 4.31 Å². The van der Waals surface area contributed by atoms with Gasteiger partial charge in [-0.15, -0.1) is 0 Å². The van der Waals surface area contributed by atoms with Crippen molar-refractivity contribution in [2.24, 2.45) is 0 Å². The van der Waals surface area contributed by atoms with Crippen molar-refractivity contribution < 1.29 is 22.4 Å². The molecule has 0 unspecified atom stereocenters. The maximum atomic E-state index is 12.6. The third-order valence-electron chi connectivity index (χ3n) is 4.75. The summed E-state index contributed by atoms with van der Waals surface area (Å²) < 4.78 is 31.8. The number of nitrogens with one attached hydrogen (secondary N) is 2. The Labute approximate surface area is 170 Å². The van der Waals surface area contributed by atoms with Crippen LogP contribution >= 0.6 is 0 Å². The van der Waals surface area contributed by atoms with Crippen molar-refractivity contribution in [2.75, 3.05) is 19.6 Å². The van der Waals surface area contributed by atoms with E-state index in [-0.39, 0.29) is 42.0 Å². The van der Waals surface area contributed by atoms with Crippen LogP contribution in [0.3, 0.4) is 0 Å². The molecule has 8 nitrogen and oxygen atoms in total. The van der Waals surface area contributed by atoms with E-state index in [0.717, 1.165) is 24.8 Å². The van der Waals surface area contributed by atoms with Crippen molar-refractivity contribution in [2.45, 2.75) is 37.1 Å². The predicted molar refractivity (Wildman–Crippen MR) is 107 cm³/mol. The molecule has 9 heteroatoms. The monoisotopic (exact) mass is 419 g/mol. The number of hydrogen-bond acceptors (Lipinski definition) is 5. The number of benzene rings is 1. The maximum Gasteiger partial charge on any atom is 0.286 e. The molecular formula is C20H25N3O5S. The van der Waals surface area contributed by atoms with E-state index >= 15 is 0 Å². The Bertz CT molecular complexity index is 918. The van der Waals surface area contributed by atoms with E-state index in [0.29, 0.717) is 13.1 Å². The average Bonchev–Trinajstić information content (AvgIpc) is 3.28. The lowest BCUT2D eigenvalue weighted by molar-refractivity contribution is -0.121. The van der Waals surface area contributed by atoms with E-state index in [1.54, 1.807) is 36.4 Å². The van der Waals surface area contributed by atoms with Gasteiger partial charge in [-0.3, -0.25) is 9.59 Å². The molecule has 2 N–H and O–H groups in total. The zero-order valence-corrected chi connectivity index (χ0v) is 16.9. The average molecular weight is 420 g/mol. The smallest absolute Gasteiger partial charge is 0.286 e. The Kier molecular flexibility index (Phi) is 7.05. The molecule has 3 rings (SSSR count). The van der Waals surface area contributed by atoms with Gasteiger partial charge in [0.1, 0.15) is 0 Å². The Hall–Kier alpha value is -2.65. The first-order valence-electron chi connectivity index (χ1n) is 9.64. The first-order valence-corrected chi connectivity index (χ1v) is 11.1. The molecule has 1 aromatic carbocycles. The molecule has 2 amide bonds. The van der Waals surface area contributed by atoms with E-state index in [1.807, 2.05) is 0 Å². The summed E-state index contributed by atoms with van der Waals surface area (Å²) in [6.45, 7) is 1.61. The van der Waals surface area contributed by atoms with Gasteiger partial charge < -0.3 is 15.1 Å². The SMILES string of the molecule is O=C(CCNC(=O)c1ccco1)NCc1ccc(S(=O)(=O)N2CCCCC2)cc1. The van der Waals surface area contributed by atoms with Crippen molar-refractivity contribution in [1.82, 2.24) is 14.9 Å². The molecule has 1 saturated heterocycles. The molecule has 0 spiro atoms. The first-order chi connectivity index (χ1) is 14.0. The van der Waals surface area contributed by atoms with Crippen LogP contribution in [0, 0.1) is 0 Å². The van der Waals surface area contributed by atoms with E-state index in [1.165, 1.54) is 10.6 Å². The third-order valence-corrected chi connectivity index (χ3v) is 6.66. The fourth-order valence-electron chi connectivity index (χ4n) is 3.11. The Morgan fingerprint density at radius 2 is 1.72 bits per heavy atom. The standard InChI is InChI=1S/C20H25N3O5S/c24-19(10-11-21-20(25)18-5-4-14-28-18)22-15-16-6-8-17(9-7-16)29(26,27)23-12-2-1-3-13-23/h4-9,14H,1-3,10-13,15H2,(H,21,25)(H,22,24). The molecule has 156 valence electrons. The van der Waals surface area contributed by atoms with Crippen LogP contribution in [0.2, 0.25) is 0 Å².